The Morgan fingerprint density at radius 3 is 2.71 bits per heavy atom. The molecule has 0 aliphatic carbocycles. The van der Waals surface area contributed by atoms with E-state index in [1.54, 1.807) is 36.4 Å². The van der Waals surface area contributed by atoms with Gasteiger partial charge in [0.15, 0.2) is 0 Å². The number of para-hydroxylation sites is 1. The lowest BCUT2D eigenvalue weighted by molar-refractivity contribution is -0.127. The number of thioether (sulfide) groups is 1. The minimum Gasteiger partial charge on any atom is -0.457 e. The van der Waals surface area contributed by atoms with E-state index in [9.17, 15) is 14.4 Å². The van der Waals surface area contributed by atoms with Crippen molar-refractivity contribution in [3.8, 4) is 11.3 Å². The number of hydrogen-bond donors (Lipinski definition) is 1. The highest BCUT2D eigenvalue weighted by atomic mass is 79.9. The van der Waals surface area contributed by atoms with Crippen molar-refractivity contribution in [1.82, 2.24) is 4.90 Å². The van der Waals surface area contributed by atoms with Crippen molar-refractivity contribution >= 4 is 68.1 Å². The zero-order chi connectivity index (χ0) is 22.0. The molecule has 3 amide bonds. The van der Waals surface area contributed by atoms with Gasteiger partial charge >= 0.3 is 0 Å². The van der Waals surface area contributed by atoms with Crippen LogP contribution in [0.5, 0.6) is 0 Å². The second-order valence-corrected chi connectivity index (χ2v) is 8.82. The maximum atomic E-state index is 12.7. The quantitative estimate of drug-likeness (QED) is 0.418. The van der Waals surface area contributed by atoms with Crippen molar-refractivity contribution in [2.75, 3.05) is 11.9 Å². The third kappa shape index (κ3) is 4.92. The molecule has 1 aliphatic heterocycles. The van der Waals surface area contributed by atoms with Crippen LogP contribution in [0.25, 0.3) is 17.4 Å². The standard InChI is InChI=1S/C22H14BrClN2O4S/c23-14-5-3-4-13(10-14)18-9-8-15(30-18)11-19-21(28)26(22(29)31-19)12-20(27)25-17-7-2-1-6-16(17)24/h1-11H,12H2,(H,25,27)/b19-11+. The summed E-state index contributed by atoms with van der Waals surface area (Å²) in [5.74, 6) is -0.0109. The summed E-state index contributed by atoms with van der Waals surface area (Å²) in [6.45, 7) is -0.408. The first kappa shape index (κ1) is 21.4. The number of hydrogen-bond acceptors (Lipinski definition) is 5. The van der Waals surface area contributed by atoms with Gasteiger partial charge in [0.2, 0.25) is 5.91 Å². The number of anilines is 1. The van der Waals surface area contributed by atoms with Crippen molar-refractivity contribution in [3.05, 3.63) is 80.8 Å². The Morgan fingerprint density at radius 1 is 1.13 bits per heavy atom. The first-order chi connectivity index (χ1) is 14.9. The van der Waals surface area contributed by atoms with Crippen molar-refractivity contribution in [1.29, 1.82) is 0 Å². The van der Waals surface area contributed by atoms with Crippen molar-refractivity contribution in [3.63, 3.8) is 0 Å². The molecule has 0 unspecified atom stereocenters. The lowest BCUT2D eigenvalue weighted by Gasteiger charge is -2.13. The van der Waals surface area contributed by atoms with E-state index in [4.69, 9.17) is 16.0 Å². The molecule has 1 fully saturated rings. The van der Waals surface area contributed by atoms with Crippen molar-refractivity contribution in [2.45, 2.75) is 0 Å². The highest BCUT2D eigenvalue weighted by Crippen LogP contribution is 2.33. The van der Waals surface area contributed by atoms with Gasteiger partial charge in [-0.2, -0.15) is 0 Å². The van der Waals surface area contributed by atoms with Gasteiger partial charge in [-0.3, -0.25) is 19.3 Å². The zero-order valence-corrected chi connectivity index (χ0v) is 19.0. The zero-order valence-electron chi connectivity index (χ0n) is 15.8. The average Bonchev–Trinajstić information content (AvgIpc) is 3.30. The lowest BCUT2D eigenvalue weighted by atomic mass is 10.2. The fourth-order valence-corrected chi connectivity index (χ4v) is 4.29. The molecule has 156 valence electrons. The molecule has 1 N–H and O–H groups in total. The summed E-state index contributed by atoms with van der Waals surface area (Å²) in [6, 6.07) is 17.8. The number of imide groups is 1. The molecule has 31 heavy (non-hydrogen) atoms. The fourth-order valence-electron chi connectivity index (χ4n) is 2.89. The van der Waals surface area contributed by atoms with E-state index in [1.807, 2.05) is 24.3 Å². The number of carbonyl (C=O) groups is 3. The smallest absolute Gasteiger partial charge is 0.294 e. The Hall–Kier alpha value is -2.81. The van der Waals surface area contributed by atoms with Gasteiger partial charge in [-0.15, -0.1) is 0 Å². The monoisotopic (exact) mass is 516 g/mol. The number of benzene rings is 2. The number of carbonyl (C=O) groups excluding carboxylic acids is 3. The van der Waals surface area contributed by atoms with Gasteiger partial charge in [0.25, 0.3) is 11.1 Å². The summed E-state index contributed by atoms with van der Waals surface area (Å²) < 4.78 is 6.71. The van der Waals surface area contributed by atoms with Crippen LogP contribution < -0.4 is 5.32 Å². The Morgan fingerprint density at radius 2 is 1.94 bits per heavy atom. The molecule has 1 aromatic heterocycles. The van der Waals surface area contributed by atoms with E-state index in [-0.39, 0.29) is 4.91 Å². The van der Waals surface area contributed by atoms with Crippen LogP contribution in [-0.4, -0.2) is 28.5 Å². The Balaban J connectivity index is 1.46. The van der Waals surface area contributed by atoms with E-state index in [0.717, 1.165) is 26.7 Å². The molecule has 0 saturated carbocycles. The summed E-state index contributed by atoms with van der Waals surface area (Å²) >= 11 is 10.2. The summed E-state index contributed by atoms with van der Waals surface area (Å²) in [6.07, 6.45) is 1.50. The number of rotatable bonds is 5. The lowest BCUT2D eigenvalue weighted by Crippen LogP contribution is -2.36. The van der Waals surface area contributed by atoms with E-state index in [0.29, 0.717) is 22.2 Å². The summed E-state index contributed by atoms with van der Waals surface area (Å²) in [5.41, 5.74) is 1.28. The van der Waals surface area contributed by atoms with Crippen LogP contribution in [0, 0.1) is 0 Å². The molecule has 1 aliphatic rings. The highest BCUT2D eigenvalue weighted by Gasteiger charge is 2.36. The molecule has 0 radical (unpaired) electrons. The molecule has 1 saturated heterocycles. The van der Waals surface area contributed by atoms with Crippen LogP contribution in [0.15, 0.2) is 74.5 Å². The van der Waals surface area contributed by atoms with E-state index in [2.05, 4.69) is 21.2 Å². The SMILES string of the molecule is O=C(CN1C(=O)S/C(=C/c2ccc(-c3cccc(Br)c3)o2)C1=O)Nc1ccccc1Cl. The molecular formula is C22H14BrClN2O4S. The molecule has 9 heteroatoms. The minimum atomic E-state index is -0.551. The molecule has 6 nitrogen and oxygen atoms in total. The molecule has 0 bridgehead atoms. The summed E-state index contributed by atoms with van der Waals surface area (Å²) in [5, 5.41) is 2.44. The second-order valence-electron chi connectivity index (χ2n) is 6.51. The van der Waals surface area contributed by atoms with Gasteiger partial charge in [0.1, 0.15) is 18.1 Å². The third-order valence-corrected chi connectivity index (χ3v) is 6.06. The predicted octanol–water partition coefficient (Wildman–Crippen LogP) is 6.04. The Labute approximate surface area is 195 Å². The normalized spacial score (nSPS) is 15.0. The van der Waals surface area contributed by atoms with E-state index >= 15 is 0 Å². The van der Waals surface area contributed by atoms with Crippen LogP contribution in [-0.2, 0) is 9.59 Å². The minimum absolute atomic E-state index is 0.186. The largest absolute Gasteiger partial charge is 0.457 e. The van der Waals surface area contributed by atoms with Gasteiger partial charge in [0, 0.05) is 16.1 Å². The first-order valence-electron chi connectivity index (χ1n) is 9.06. The van der Waals surface area contributed by atoms with E-state index in [1.165, 1.54) is 6.08 Å². The molecule has 2 heterocycles. The van der Waals surface area contributed by atoms with Gasteiger partial charge < -0.3 is 9.73 Å². The van der Waals surface area contributed by atoms with Gasteiger partial charge in [-0.25, -0.2) is 0 Å². The Bertz CT molecular complexity index is 1220. The molecular weight excluding hydrogens is 504 g/mol. The fraction of sp³-hybridized carbons (Fsp3) is 0.0455. The van der Waals surface area contributed by atoms with Crippen LogP contribution in [0.2, 0.25) is 5.02 Å². The second kappa shape index (κ2) is 9.13. The van der Waals surface area contributed by atoms with Crippen LogP contribution in [0.3, 0.4) is 0 Å². The first-order valence-corrected chi connectivity index (χ1v) is 11.0. The van der Waals surface area contributed by atoms with Gasteiger partial charge in [0.05, 0.1) is 15.6 Å². The predicted molar refractivity (Wildman–Crippen MR) is 125 cm³/mol. The maximum Gasteiger partial charge on any atom is 0.294 e. The molecule has 2 aromatic carbocycles. The summed E-state index contributed by atoms with van der Waals surface area (Å²) in [7, 11) is 0. The maximum absolute atomic E-state index is 12.7. The van der Waals surface area contributed by atoms with Gasteiger partial charge in [-0.1, -0.05) is 51.8 Å². The van der Waals surface area contributed by atoms with E-state index < -0.39 is 23.6 Å². The number of halogens is 2. The van der Waals surface area contributed by atoms with Crippen LogP contribution >= 0.6 is 39.3 Å². The number of furan rings is 1. The molecule has 0 atom stereocenters. The summed E-state index contributed by atoms with van der Waals surface area (Å²) in [4.78, 5) is 38.3. The topological polar surface area (TPSA) is 79.6 Å². The van der Waals surface area contributed by atoms with Crippen LogP contribution in [0.1, 0.15) is 5.76 Å². The third-order valence-electron chi connectivity index (χ3n) is 4.33. The van der Waals surface area contributed by atoms with Crippen molar-refractivity contribution in [2.24, 2.45) is 0 Å². The number of nitrogens with zero attached hydrogens (tertiary/aromatic N) is 1. The molecule has 4 rings (SSSR count). The molecule has 3 aromatic rings. The van der Waals surface area contributed by atoms with Crippen LogP contribution in [0.4, 0.5) is 10.5 Å². The Kier molecular flexibility index (Phi) is 6.31. The number of amides is 3. The number of nitrogens with one attached hydrogen (secondary N) is 1. The average molecular weight is 518 g/mol. The van der Waals surface area contributed by atoms with Gasteiger partial charge in [-0.05, 0) is 48.2 Å². The highest BCUT2D eigenvalue weighted by molar-refractivity contribution is 9.10. The van der Waals surface area contributed by atoms with Crippen molar-refractivity contribution < 1.29 is 18.8 Å². The molecule has 0 spiro atoms.